The summed E-state index contributed by atoms with van der Waals surface area (Å²) in [7, 11) is 0. The number of alkyl halides is 2. The second-order valence-corrected chi connectivity index (χ2v) is 7.05. The van der Waals surface area contributed by atoms with E-state index in [2.05, 4.69) is 31.7 Å². The third-order valence-corrected chi connectivity index (χ3v) is 4.70. The van der Waals surface area contributed by atoms with Crippen molar-refractivity contribution in [1.82, 2.24) is 14.3 Å². The molecule has 0 unspecified atom stereocenters. The first-order valence-electron chi connectivity index (χ1n) is 7.96. The second-order valence-electron chi connectivity index (χ2n) is 5.76. The van der Waals surface area contributed by atoms with E-state index in [1.54, 1.807) is 24.3 Å². The molecule has 3 aromatic rings. The molecule has 1 heterocycles. The van der Waals surface area contributed by atoms with Gasteiger partial charge in [0.2, 0.25) is 0 Å². The number of anilines is 2. The van der Waals surface area contributed by atoms with Crippen LogP contribution in [0.25, 0.3) is 5.69 Å². The Morgan fingerprint density at radius 2 is 1.86 bits per heavy atom. The first-order chi connectivity index (χ1) is 13.7. The van der Waals surface area contributed by atoms with Gasteiger partial charge in [0, 0.05) is 15.2 Å². The van der Waals surface area contributed by atoms with Gasteiger partial charge in [0.25, 0.3) is 0 Å². The Morgan fingerprint density at radius 1 is 1.21 bits per heavy atom. The van der Waals surface area contributed by atoms with Gasteiger partial charge in [-0.25, -0.2) is 18.5 Å². The number of rotatable bonds is 4. The van der Waals surface area contributed by atoms with Crippen molar-refractivity contribution in [2.24, 2.45) is 0 Å². The summed E-state index contributed by atoms with van der Waals surface area (Å²) in [5.41, 5.74) is -1.07. The average molecular weight is 491 g/mol. The minimum atomic E-state index is -3.13. The average Bonchev–Trinajstić information content (AvgIpc) is 2.93. The number of carbonyl (C=O) groups is 1. The van der Waals surface area contributed by atoms with Crippen molar-refractivity contribution in [2.45, 2.75) is 13.5 Å². The first-order valence-corrected chi connectivity index (χ1v) is 9.13. The van der Waals surface area contributed by atoms with Crippen molar-refractivity contribution in [3.8, 4) is 5.69 Å². The van der Waals surface area contributed by atoms with Gasteiger partial charge in [-0.3, -0.25) is 0 Å². The van der Waals surface area contributed by atoms with Crippen LogP contribution in [0.3, 0.4) is 0 Å². The topological polar surface area (TPSA) is 81.0 Å². The fraction of sp³-hybridized carbons (Fsp3) is 0.118. The zero-order chi connectivity index (χ0) is 21.3. The molecule has 0 radical (unpaired) electrons. The molecule has 0 saturated carbocycles. The molecule has 2 N–H and O–H groups in total. The van der Waals surface area contributed by atoms with Gasteiger partial charge in [-0.15, -0.1) is 5.10 Å². The lowest BCUT2D eigenvalue weighted by Gasteiger charge is -2.11. The van der Waals surface area contributed by atoms with Gasteiger partial charge in [-0.1, -0.05) is 11.6 Å². The Hall–Kier alpha value is -2.79. The van der Waals surface area contributed by atoms with Crippen LogP contribution in [0.15, 0.2) is 45.7 Å². The number of hydrogen-bond donors (Lipinski definition) is 2. The zero-order valence-corrected chi connectivity index (χ0v) is 16.9. The van der Waals surface area contributed by atoms with E-state index in [0.29, 0.717) is 15.4 Å². The molecular formula is C17H12BrClF3N5O2. The summed E-state index contributed by atoms with van der Waals surface area (Å²) in [5.74, 6) is -1.19. The van der Waals surface area contributed by atoms with E-state index in [0.717, 1.165) is 12.1 Å². The van der Waals surface area contributed by atoms with Gasteiger partial charge >= 0.3 is 18.3 Å². The smallest absolute Gasteiger partial charge is 0.308 e. The molecule has 0 bridgehead atoms. The summed E-state index contributed by atoms with van der Waals surface area (Å²) in [6, 6.07) is 7.74. The van der Waals surface area contributed by atoms with Crippen LogP contribution in [0.1, 0.15) is 12.4 Å². The fourth-order valence-corrected chi connectivity index (χ4v) is 3.01. The van der Waals surface area contributed by atoms with E-state index in [4.69, 9.17) is 11.6 Å². The highest BCUT2D eigenvalue weighted by atomic mass is 79.9. The molecule has 0 atom stereocenters. The van der Waals surface area contributed by atoms with Gasteiger partial charge in [0.05, 0.1) is 5.69 Å². The summed E-state index contributed by atoms with van der Waals surface area (Å²) in [4.78, 5) is 24.4. The van der Waals surface area contributed by atoms with Crippen molar-refractivity contribution < 1.29 is 18.0 Å². The molecule has 2 aromatic carbocycles. The second kappa shape index (κ2) is 8.29. The summed E-state index contributed by atoms with van der Waals surface area (Å²) in [6.07, 6.45) is 0. The minimum absolute atomic E-state index is 0.0870. The number of nitrogens with zero attached hydrogens (tertiary/aromatic N) is 3. The molecule has 0 saturated heterocycles. The highest BCUT2D eigenvalue weighted by molar-refractivity contribution is 9.10. The van der Waals surface area contributed by atoms with Gasteiger partial charge < -0.3 is 10.6 Å². The van der Waals surface area contributed by atoms with Gasteiger partial charge in [-0.05, 0) is 59.3 Å². The van der Waals surface area contributed by atoms with Crippen molar-refractivity contribution in [2.75, 3.05) is 10.6 Å². The van der Waals surface area contributed by atoms with E-state index < -0.39 is 29.8 Å². The predicted molar refractivity (Wildman–Crippen MR) is 106 cm³/mol. The number of aromatic nitrogens is 3. The third kappa shape index (κ3) is 4.46. The third-order valence-electron chi connectivity index (χ3n) is 3.79. The highest BCUT2D eigenvalue weighted by Gasteiger charge is 2.21. The van der Waals surface area contributed by atoms with Crippen LogP contribution in [-0.4, -0.2) is 20.4 Å². The van der Waals surface area contributed by atoms with Crippen molar-refractivity contribution in [1.29, 1.82) is 0 Å². The maximum atomic E-state index is 14.4. The van der Waals surface area contributed by atoms with Crippen LogP contribution in [0, 0.1) is 12.7 Å². The quantitative estimate of drug-likeness (QED) is 0.544. The normalized spacial score (nSPS) is 11.0. The van der Waals surface area contributed by atoms with E-state index in [1.165, 1.54) is 6.92 Å². The maximum absolute atomic E-state index is 14.4. The van der Waals surface area contributed by atoms with E-state index in [1.807, 2.05) is 0 Å². The Balaban J connectivity index is 1.92. The van der Waals surface area contributed by atoms with Gasteiger partial charge in [0.15, 0.2) is 0 Å². The summed E-state index contributed by atoms with van der Waals surface area (Å²) in [6.45, 7) is -1.93. The lowest BCUT2D eigenvalue weighted by Crippen LogP contribution is -2.25. The van der Waals surface area contributed by atoms with Crippen LogP contribution >= 0.6 is 27.5 Å². The maximum Gasteiger partial charge on any atom is 0.355 e. The molecule has 3 rings (SSSR count). The molecule has 2 amide bonds. The van der Waals surface area contributed by atoms with E-state index in [9.17, 15) is 22.8 Å². The number of urea groups is 1. The summed E-state index contributed by atoms with van der Waals surface area (Å²) in [5, 5.41) is 9.20. The van der Waals surface area contributed by atoms with Crippen molar-refractivity contribution in [3.05, 3.63) is 68.0 Å². The Bertz CT molecular complexity index is 1130. The largest absolute Gasteiger partial charge is 0.355 e. The van der Waals surface area contributed by atoms with Gasteiger partial charge in [0.1, 0.15) is 17.3 Å². The number of carbonyl (C=O) groups excluding carboxylic acids is 1. The van der Waals surface area contributed by atoms with Crippen LogP contribution in [-0.2, 0) is 0 Å². The van der Waals surface area contributed by atoms with E-state index >= 15 is 0 Å². The Labute approximate surface area is 175 Å². The molecule has 12 heteroatoms. The monoisotopic (exact) mass is 489 g/mol. The zero-order valence-electron chi connectivity index (χ0n) is 14.6. The number of hydrogen-bond acceptors (Lipinski definition) is 3. The molecule has 0 aliphatic carbocycles. The number of benzene rings is 2. The Kier molecular flexibility index (Phi) is 5.99. The molecular weight excluding hydrogens is 479 g/mol. The fourth-order valence-electron chi connectivity index (χ4n) is 2.47. The van der Waals surface area contributed by atoms with Gasteiger partial charge in [-0.2, -0.15) is 13.5 Å². The highest BCUT2D eigenvalue weighted by Crippen LogP contribution is 2.28. The standard InChI is InChI=1S/C17H12BrClF3N5O2/c1-8-25-27(17(29)26(8)15(21)22)14-7-13(11(18)6-12(14)20)24-16(28)23-10-4-2-9(19)3-5-10/h2-7,15H,1H3,(H2,23,24,28). The van der Waals surface area contributed by atoms with Crippen LogP contribution in [0.2, 0.25) is 5.02 Å². The molecule has 0 aliphatic heterocycles. The molecule has 152 valence electrons. The molecule has 0 spiro atoms. The van der Waals surface area contributed by atoms with E-state index in [-0.39, 0.29) is 20.6 Å². The first kappa shape index (κ1) is 20.9. The Morgan fingerprint density at radius 3 is 2.45 bits per heavy atom. The lowest BCUT2D eigenvalue weighted by atomic mass is 10.2. The molecule has 29 heavy (non-hydrogen) atoms. The molecule has 0 fully saturated rings. The number of nitrogens with one attached hydrogen (secondary N) is 2. The molecule has 1 aromatic heterocycles. The van der Waals surface area contributed by atoms with Crippen molar-refractivity contribution in [3.63, 3.8) is 0 Å². The molecule has 7 nitrogen and oxygen atoms in total. The number of amides is 2. The van der Waals surface area contributed by atoms with Crippen LogP contribution < -0.4 is 16.3 Å². The number of aryl methyl sites for hydroxylation is 1. The number of halogens is 5. The summed E-state index contributed by atoms with van der Waals surface area (Å²) >= 11 is 8.89. The summed E-state index contributed by atoms with van der Waals surface area (Å²) < 4.78 is 41.2. The lowest BCUT2D eigenvalue weighted by molar-refractivity contribution is 0.0640. The molecule has 0 aliphatic rings. The minimum Gasteiger partial charge on any atom is -0.308 e. The van der Waals surface area contributed by atoms with Crippen LogP contribution in [0.4, 0.5) is 29.3 Å². The predicted octanol–water partition coefficient (Wildman–Crippen LogP) is 4.94. The van der Waals surface area contributed by atoms with Crippen LogP contribution in [0.5, 0.6) is 0 Å². The van der Waals surface area contributed by atoms with Crippen molar-refractivity contribution >= 4 is 44.9 Å². The SMILES string of the molecule is Cc1nn(-c2cc(NC(=O)Nc3ccc(Cl)cc3)c(Br)cc2F)c(=O)n1C(F)F.